The van der Waals surface area contributed by atoms with Crippen LogP contribution in [0.25, 0.3) is 6.08 Å². The number of carbonyl (C=O) groups excluding carboxylic acids is 2. The van der Waals surface area contributed by atoms with Gasteiger partial charge in [-0.15, -0.1) is 0 Å². The molecule has 5 nitrogen and oxygen atoms in total. The monoisotopic (exact) mass is 377 g/mol. The molecule has 0 radical (unpaired) electrons. The van der Waals surface area contributed by atoms with E-state index < -0.39 is 5.60 Å². The maximum absolute atomic E-state index is 12.2. The summed E-state index contributed by atoms with van der Waals surface area (Å²) in [7, 11) is 0. The Morgan fingerprint density at radius 3 is 2.61 bits per heavy atom. The van der Waals surface area contributed by atoms with Gasteiger partial charge in [0.15, 0.2) is 5.60 Å². The molecule has 1 N–H and O–H groups in total. The SMILES string of the molecule is CC(C)=CC(=O)Nc1ccc2c(c1)C=CC(C)(COC(=O)c1ccccc1)O2. The number of anilines is 1. The van der Waals surface area contributed by atoms with Gasteiger partial charge < -0.3 is 14.8 Å². The Kier molecular flexibility index (Phi) is 5.64. The van der Waals surface area contributed by atoms with Crippen LogP contribution in [0, 0.1) is 0 Å². The standard InChI is InChI=1S/C23H23NO4/c1-16(2)13-21(25)24-19-9-10-20-18(14-19)11-12-23(3,28-20)15-27-22(26)17-7-5-4-6-8-17/h4-14H,15H2,1-3H3,(H,24,25). The van der Waals surface area contributed by atoms with E-state index in [1.807, 2.05) is 45.1 Å². The van der Waals surface area contributed by atoms with E-state index >= 15 is 0 Å². The first-order valence-electron chi connectivity index (χ1n) is 9.05. The molecule has 1 atom stereocenters. The Morgan fingerprint density at radius 1 is 1.14 bits per heavy atom. The third-order valence-electron chi connectivity index (χ3n) is 4.16. The van der Waals surface area contributed by atoms with Gasteiger partial charge in [-0.3, -0.25) is 4.79 Å². The maximum Gasteiger partial charge on any atom is 0.338 e. The van der Waals surface area contributed by atoms with Gasteiger partial charge in [0.2, 0.25) is 5.91 Å². The zero-order valence-corrected chi connectivity index (χ0v) is 16.2. The first-order valence-corrected chi connectivity index (χ1v) is 9.05. The second kappa shape index (κ2) is 8.13. The van der Waals surface area contributed by atoms with E-state index in [9.17, 15) is 9.59 Å². The minimum absolute atomic E-state index is 0.0930. The van der Waals surface area contributed by atoms with E-state index in [1.165, 1.54) is 0 Å². The van der Waals surface area contributed by atoms with Crippen molar-refractivity contribution in [2.75, 3.05) is 11.9 Å². The molecule has 0 spiro atoms. The average molecular weight is 377 g/mol. The number of fused-ring (bicyclic) bond motifs is 1. The van der Waals surface area contributed by atoms with Crippen molar-refractivity contribution < 1.29 is 19.1 Å². The summed E-state index contributed by atoms with van der Waals surface area (Å²) in [5.74, 6) is 0.112. The van der Waals surface area contributed by atoms with Gasteiger partial charge in [-0.25, -0.2) is 4.79 Å². The molecule has 1 heterocycles. The summed E-state index contributed by atoms with van der Waals surface area (Å²) in [5.41, 5.74) is 2.21. The highest BCUT2D eigenvalue weighted by atomic mass is 16.6. The fourth-order valence-electron chi connectivity index (χ4n) is 2.79. The van der Waals surface area contributed by atoms with Crippen LogP contribution in [-0.2, 0) is 9.53 Å². The van der Waals surface area contributed by atoms with Crippen LogP contribution in [0.1, 0.15) is 36.7 Å². The highest BCUT2D eigenvalue weighted by Gasteiger charge is 2.29. The molecule has 0 bridgehead atoms. The molecule has 28 heavy (non-hydrogen) atoms. The predicted molar refractivity (Wildman–Crippen MR) is 109 cm³/mol. The fourth-order valence-corrected chi connectivity index (χ4v) is 2.79. The zero-order valence-electron chi connectivity index (χ0n) is 16.2. The van der Waals surface area contributed by atoms with Gasteiger partial charge in [-0.2, -0.15) is 0 Å². The van der Waals surface area contributed by atoms with Crippen molar-refractivity contribution in [3.63, 3.8) is 0 Å². The van der Waals surface area contributed by atoms with Crippen molar-refractivity contribution >= 4 is 23.6 Å². The van der Waals surface area contributed by atoms with Crippen LogP contribution in [0.3, 0.4) is 0 Å². The lowest BCUT2D eigenvalue weighted by atomic mass is 10.0. The quantitative estimate of drug-likeness (QED) is 0.610. The number of carbonyl (C=O) groups is 2. The van der Waals surface area contributed by atoms with Crippen LogP contribution in [0.4, 0.5) is 5.69 Å². The molecule has 0 saturated heterocycles. The number of ether oxygens (including phenoxy) is 2. The molecule has 5 heteroatoms. The normalized spacial score (nSPS) is 17.1. The third-order valence-corrected chi connectivity index (χ3v) is 4.16. The summed E-state index contributed by atoms with van der Waals surface area (Å²) in [6.07, 6.45) is 5.31. The second-order valence-electron chi connectivity index (χ2n) is 7.15. The number of rotatable bonds is 5. The molecule has 144 valence electrons. The predicted octanol–water partition coefficient (Wildman–Crippen LogP) is 4.61. The van der Waals surface area contributed by atoms with Crippen LogP contribution >= 0.6 is 0 Å². The number of benzene rings is 2. The molecule has 0 aliphatic carbocycles. The second-order valence-corrected chi connectivity index (χ2v) is 7.15. The molecule has 1 amide bonds. The van der Waals surface area contributed by atoms with Crippen LogP contribution in [0.5, 0.6) is 5.75 Å². The van der Waals surface area contributed by atoms with Gasteiger partial charge in [-0.1, -0.05) is 29.8 Å². The first-order chi connectivity index (χ1) is 13.3. The van der Waals surface area contributed by atoms with Crippen molar-refractivity contribution in [1.82, 2.24) is 0 Å². The number of hydrogen-bond acceptors (Lipinski definition) is 4. The van der Waals surface area contributed by atoms with Crippen molar-refractivity contribution in [1.29, 1.82) is 0 Å². The molecular weight excluding hydrogens is 354 g/mol. The third kappa shape index (κ3) is 4.88. The van der Waals surface area contributed by atoms with E-state index in [0.29, 0.717) is 17.0 Å². The van der Waals surface area contributed by atoms with E-state index in [4.69, 9.17) is 9.47 Å². The van der Waals surface area contributed by atoms with E-state index in [0.717, 1.165) is 11.1 Å². The topological polar surface area (TPSA) is 64.6 Å². The van der Waals surface area contributed by atoms with Crippen LogP contribution in [-0.4, -0.2) is 24.1 Å². The Balaban J connectivity index is 1.65. The van der Waals surface area contributed by atoms with Crippen LogP contribution < -0.4 is 10.1 Å². The Labute approximate surface area is 164 Å². The summed E-state index contributed by atoms with van der Waals surface area (Å²) in [6, 6.07) is 14.3. The van der Waals surface area contributed by atoms with Gasteiger partial charge >= 0.3 is 5.97 Å². The number of amides is 1. The lowest BCUT2D eigenvalue weighted by Crippen LogP contribution is -2.38. The molecule has 1 unspecified atom stereocenters. The van der Waals surface area contributed by atoms with Gasteiger partial charge in [-0.05, 0) is 57.2 Å². The van der Waals surface area contributed by atoms with Crippen molar-refractivity contribution in [3.05, 3.63) is 77.4 Å². The lowest BCUT2D eigenvalue weighted by Gasteiger charge is -2.31. The zero-order chi connectivity index (χ0) is 20.1. The largest absolute Gasteiger partial charge is 0.479 e. The molecular formula is C23H23NO4. The number of allylic oxidation sites excluding steroid dienone is 1. The lowest BCUT2D eigenvalue weighted by molar-refractivity contribution is -0.111. The Bertz CT molecular complexity index is 942. The summed E-state index contributed by atoms with van der Waals surface area (Å²) < 4.78 is 11.5. The smallest absolute Gasteiger partial charge is 0.338 e. The van der Waals surface area contributed by atoms with Crippen molar-refractivity contribution in [2.24, 2.45) is 0 Å². The first kappa shape index (κ1) is 19.4. The maximum atomic E-state index is 12.2. The van der Waals surface area contributed by atoms with Crippen molar-refractivity contribution in [3.8, 4) is 5.75 Å². The number of nitrogens with one attached hydrogen (secondary N) is 1. The average Bonchev–Trinajstić information content (AvgIpc) is 2.66. The molecule has 1 aliphatic rings. The van der Waals surface area contributed by atoms with E-state index in [1.54, 1.807) is 42.5 Å². The molecule has 2 aromatic carbocycles. The Morgan fingerprint density at radius 2 is 1.89 bits per heavy atom. The molecule has 1 aliphatic heterocycles. The highest BCUT2D eigenvalue weighted by Crippen LogP contribution is 2.33. The Hall–Kier alpha value is -3.34. The minimum Gasteiger partial charge on any atom is -0.479 e. The van der Waals surface area contributed by atoms with Crippen LogP contribution in [0.15, 0.2) is 66.3 Å². The molecule has 3 rings (SSSR count). The van der Waals surface area contributed by atoms with E-state index in [-0.39, 0.29) is 18.5 Å². The van der Waals surface area contributed by atoms with Crippen LogP contribution in [0.2, 0.25) is 0 Å². The van der Waals surface area contributed by atoms with Gasteiger partial charge in [0.25, 0.3) is 0 Å². The van der Waals surface area contributed by atoms with Gasteiger partial charge in [0, 0.05) is 17.3 Å². The highest BCUT2D eigenvalue weighted by molar-refractivity contribution is 6.00. The van der Waals surface area contributed by atoms with Gasteiger partial charge in [0.1, 0.15) is 12.4 Å². The molecule has 0 fully saturated rings. The summed E-state index contributed by atoms with van der Waals surface area (Å²) in [4.78, 5) is 24.0. The van der Waals surface area contributed by atoms with E-state index in [2.05, 4.69) is 5.32 Å². The molecule has 0 saturated carbocycles. The minimum atomic E-state index is -0.760. The van der Waals surface area contributed by atoms with Gasteiger partial charge in [0.05, 0.1) is 5.56 Å². The molecule has 0 aromatic heterocycles. The number of esters is 1. The summed E-state index contributed by atoms with van der Waals surface area (Å²) >= 11 is 0. The fraction of sp³-hybridized carbons (Fsp3) is 0.217. The number of hydrogen-bond donors (Lipinski definition) is 1. The summed E-state index contributed by atoms with van der Waals surface area (Å²) in [5, 5.41) is 2.83. The van der Waals surface area contributed by atoms with Crippen molar-refractivity contribution in [2.45, 2.75) is 26.4 Å². The summed E-state index contributed by atoms with van der Waals surface area (Å²) in [6.45, 7) is 5.69. The molecule has 2 aromatic rings.